The third kappa shape index (κ3) is 5.35. The molecule has 22 heavy (non-hydrogen) atoms. The summed E-state index contributed by atoms with van der Waals surface area (Å²) in [6.45, 7) is 8.35. The lowest BCUT2D eigenvalue weighted by Gasteiger charge is -2.29. The van der Waals surface area contributed by atoms with Gasteiger partial charge in [-0.3, -0.25) is 4.79 Å². The predicted molar refractivity (Wildman–Crippen MR) is 90.3 cm³/mol. The average Bonchev–Trinajstić information content (AvgIpc) is 2.51. The third-order valence-electron chi connectivity index (χ3n) is 4.29. The highest BCUT2D eigenvalue weighted by Gasteiger charge is 2.22. The second-order valence-corrected chi connectivity index (χ2v) is 6.84. The van der Waals surface area contributed by atoms with Gasteiger partial charge in [-0.25, -0.2) is 0 Å². The zero-order valence-electron chi connectivity index (χ0n) is 13.1. The number of piperazine rings is 1. The maximum atomic E-state index is 12.0. The number of hydrogen-bond donors (Lipinski definition) is 4. The van der Waals surface area contributed by atoms with E-state index in [0.717, 1.165) is 55.0 Å². The van der Waals surface area contributed by atoms with Crippen LogP contribution in [-0.4, -0.2) is 56.9 Å². The molecule has 0 atom stereocenters. The first kappa shape index (κ1) is 17.4. The molecule has 0 radical (unpaired) electrons. The summed E-state index contributed by atoms with van der Waals surface area (Å²) >= 11 is 3.48. The van der Waals surface area contributed by atoms with E-state index < -0.39 is 0 Å². The fourth-order valence-corrected chi connectivity index (χ4v) is 3.18. The summed E-state index contributed by atoms with van der Waals surface area (Å²) in [6.07, 6.45) is 0.552. The first-order valence-electron chi connectivity index (χ1n) is 7.92. The SMILES string of the molecule is Cc1ccc(NC(=O)CC[NH+]2CC[NH+](CCO)CC2)cc1Br. The normalized spacial score (nSPS) is 21.6. The van der Waals surface area contributed by atoms with Crippen LogP contribution in [0.3, 0.4) is 0 Å². The number of aryl methyl sites for hydroxylation is 1. The maximum Gasteiger partial charge on any atom is 0.230 e. The Labute approximate surface area is 140 Å². The van der Waals surface area contributed by atoms with Crippen molar-refractivity contribution in [1.29, 1.82) is 0 Å². The van der Waals surface area contributed by atoms with Crippen molar-refractivity contribution in [3.05, 3.63) is 28.2 Å². The summed E-state index contributed by atoms with van der Waals surface area (Å²) in [5.74, 6) is 0.0772. The van der Waals surface area contributed by atoms with E-state index in [1.54, 1.807) is 0 Å². The van der Waals surface area contributed by atoms with Gasteiger partial charge in [0.25, 0.3) is 0 Å². The number of aliphatic hydroxyl groups is 1. The molecule has 2 rings (SSSR count). The molecule has 1 amide bonds. The van der Waals surface area contributed by atoms with E-state index in [1.807, 2.05) is 25.1 Å². The minimum atomic E-state index is 0.0772. The largest absolute Gasteiger partial charge is 0.391 e. The number of rotatable bonds is 6. The molecule has 122 valence electrons. The Balaban J connectivity index is 1.71. The summed E-state index contributed by atoms with van der Waals surface area (Å²) in [5.41, 5.74) is 2.00. The number of quaternary nitrogens is 2. The Bertz CT molecular complexity index is 502. The quantitative estimate of drug-likeness (QED) is 0.511. The van der Waals surface area contributed by atoms with Crippen LogP contribution in [0.2, 0.25) is 0 Å². The molecule has 6 heteroatoms. The lowest BCUT2D eigenvalue weighted by molar-refractivity contribution is -1.01. The number of amides is 1. The molecule has 1 aliphatic rings. The maximum absolute atomic E-state index is 12.0. The Morgan fingerprint density at radius 2 is 1.86 bits per heavy atom. The number of carbonyl (C=O) groups excluding carboxylic acids is 1. The molecule has 4 N–H and O–H groups in total. The van der Waals surface area contributed by atoms with E-state index in [0.29, 0.717) is 6.42 Å². The van der Waals surface area contributed by atoms with Crippen molar-refractivity contribution in [2.45, 2.75) is 13.3 Å². The van der Waals surface area contributed by atoms with Crippen molar-refractivity contribution < 1.29 is 19.7 Å². The Kier molecular flexibility index (Phi) is 6.82. The van der Waals surface area contributed by atoms with Gasteiger partial charge in [-0.15, -0.1) is 0 Å². The van der Waals surface area contributed by atoms with E-state index >= 15 is 0 Å². The van der Waals surface area contributed by atoms with Crippen LogP contribution in [0.1, 0.15) is 12.0 Å². The number of halogens is 1. The van der Waals surface area contributed by atoms with Crippen LogP contribution in [-0.2, 0) is 4.79 Å². The van der Waals surface area contributed by atoms with Gasteiger partial charge in [0.15, 0.2) is 0 Å². The fourth-order valence-electron chi connectivity index (χ4n) is 2.80. The molecule has 5 nitrogen and oxygen atoms in total. The van der Waals surface area contributed by atoms with Gasteiger partial charge in [-0.05, 0) is 24.6 Å². The molecule has 1 aromatic carbocycles. The molecule has 0 unspecified atom stereocenters. The average molecular weight is 372 g/mol. The topological polar surface area (TPSA) is 58.2 Å². The highest BCUT2D eigenvalue weighted by molar-refractivity contribution is 9.10. The van der Waals surface area contributed by atoms with Crippen molar-refractivity contribution in [2.24, 2.45) is 0 Å². The van der Waals surface area contributed by atoms with Crippen molar-refractivity contribution in [1.82, 2.24) is 0 Å². The molecule has 1 aromatic rings. The minimum absolute atomic E-state index is 0.0772. The zero-order chi connectivity index (χ0) is 15.9. The Hall–Kier alpha value is -0.950. The van der Waals surface area contributed by atoms with Crippen LogP contribution in [0.5, 0.6) is 0 Å². The molecule has 0 spiro atoms. The van der Waals surface area contributed by atoms with Crippen LogP contribution in [0, 0.1) is 6.92 Å². The molecule has 1 heterocycles. The standard InChI is InChI=1S/C16H24BrN3O2/c1-13-2-3-14(12-15(13)17)18-16(22)4-5-19-6-8-20(9-7-19)10-11-21/h2-3,12,21H,4-11H2,1H3,(H,18,22)/p+2. The predicted octanol–water partition coefficient (Wildman–Crippen LogP) is -1.14. The van der Waals surface area contributed by atoms with Crippen LogP contribution >= 0.6 is 15.9 Å². The molecular weight excluding hydrogens is 346 g/mol. The monoisotopic (exact) mass is 371 g/mol. The lowest BCUT2D eigenvalue weighted by atomic mass is 10.2. The van der Waals surface area contributed by atoms with E-state index in [2.05, 4.69) is 21.2 Å². The molecule has 0 aromatic heterocycles. The number of aliphatic hydroxyl groups excluding tert-OH is 1. The second-order valence-electron chi connectivity index (χ2n) is 5.99. The summed E-state index contributed by atoms with van der Waals surface area (Å²) in [5, 5.41) is 11.9. The Morgan fingerprint density at radius 3 is 2.45 bits per heavy atom. The number of nitrogens with one attached hydrogen (secondary N) is 3. The van der Waals surface area contributed by atoms with Gasteiger partial charge in [0.1, 0.15) is 32.7 Å². The highest BCUT2D eigenvalue weighted by Crippen LogP contribution is 2.20. The van der Waals surface area contributed by atoms with E-state index in [9.17, 15) is 4.79 Å². The van der Waals surface area contributed by atoms with E-state index in [1.165, 1.54) is 9.80 Å². The number of hydrogen-bond acceptors (Lipinski definition) is 2. The molecule has 0 saturated carbocycles. The van der Waals surface area contributed by atoms with Gasteiger partial charge in [0, 0.05) is 10.2 Å². The number of benzene rings is 1. The van der Waals surface area contributed by atoms with Gasteiger partial charge in [0.2, 0.25) is 5.91 Å². The van der Waals surface area contributed by atoms with Gasteiger partial charge >= 0.3 is 0 Å². The first-order chi connectivity index (χ1) is 10.6. The highest BCUT2D eigenvalue weighted by atomic mass is 79.9. The van der Waals surface area contributed by atoms with Crippen LogP contribution in [0.25, 0.3) is 0 Å². The number of anilines is 1. The van der Waals surface area contributed by atoms with Crippen LogP contribution in [0.15, 0.2) is 22.7 Å². The van der Waals surface area contributed by atoms with E-state index in [4.69, 9.17) is 5.11 Å². The van der Waals surface area contributed by atoms with Crippen LogP contribution < -0.4 is 15.1 Å². The molecule has 0 bridgehead atoms. The zero-order valence-corrected chi connectivity index (χ0v) is 14.7. The minimum Gasteiger partial charge on any atom is -0.391 e. The number of carbonyl (C=O) groups is 1. The van der Waals surface area contributed by atoms with Crippen molar-refractivity contribution >= 4 is 27.5 Å². The van der Waals surface area contributed by atoms with E-state index in [-0.39, 0.29) is 12.5 Å². The van der Waals surface area contributed by atoms with Crippen molar-refractivity contribution in [2.75, 3.05) is 51.2 Å². The molecule has 1 fully saturated rings. The summed E-state index contributed by atoms with van der Waals surface area (Å²) in [4.78, 5) is 15.0. The molecule has 1 aliphatic heterocycles. The lowest BCUT2D eigenvalue weighted by Crippen LogP contribution is -3.28. The van der Waals surface area contributed by atoms with Crippen molar-refractivity contribution in [3.63, 3.8) is 0 Å². The first-order valence-corrected chi connectivity index (χ1v) is 8.72. The van der Waals surface area contributed by atoms with Crippen LogP contribution in [0.4, 0.5) is 5.69 Å². The molecule has 1 saturated heterocycles. The van der Waals surface area contributed by atoms with Gasteiger partial charge in [-0.1, -0.05) is 22.0 Å². The fraction of sp³-hybridized carbons (Fsp3) is 0.562. The summed E-state index contributed by atoms with van der Waals surface area (Å²) < 4.78 is 1.01. The van der Waals surface area contributed by atoms with Gasteiger partial charge in [0.05, 0.1) is 19.6 Å². The summed E-state index contributed by atoms with van der Waals surface area (Å²) in [7, 11) is 0. The third-order valence-corrected chi connectivity index (χ3v) is 5.15. The molecular formula is C16H26BrN3O2+2. The molecule has 0 aliphatic carbocycles. The van der Waals surface area contributed by atoms with Crippen molar-refractivity contribution in [3.8, 4) is 0 Å². The smallest absolute Gasteiger partial charge is 0.230 e. The van der Waals surface area contributed by atoms with Gasteiger partial charge in [-0.2, -0.15) is 0 Å². The van der Waals surface area contributed by atoms with Gasteiger partial charge < -0.3 is 20.2 Å². The second kappa shape index (κ2) is 8.62. The Morgan fingerprint density at radius 1 is 1.23 bits per heavy atom. The summed E-state index contributed by atoms with van der Waals surface area (Å²) in [6, 6.07) is 5.87.